The van der Waals surface area contributed by atoms with E-state index in [0.29, 0.717) is 5.01 Å². The summed E-state index contributed by atoms with van der Waals surface area (Å²) < 4.78 is 5.13. The Kier molecular flexibility index (Phi) is 6.20. The highest BCUT2D eigenvalue weighted by molar-refractivity contribution is 7.13. The molecule has 2 aromatic rings. The van der Waals surface area contributed by atoms with Gasteiger partial charge in [0, 0.05) is 17.0 Å². The van der Waals surface area contributed by atoms with Gasteiger partial charge in [-0.05, 0) is 37.1 Å². The number of benzene rings is 1. The Labute approximate surface area is 162 Å². The van der Waals surface area contributed by atoms with Crippen molar-refractivity contribution in [2.45, 2.75) is 38.1 Å². The highest BCUT2D eigenvalue weighted by Gasteiger charge is 2.31. The molecule has 1 unspecified atom stereocenters. The number of hydrogen-bond donors (Lipinski definition) is 1. The van der Waals surface area contributed by atoms with Crippen LogP contribution in [0.15, 0.2) is 29.6 Å². The lowest BCUT2D eigenvalue weighted by Crippen LogP contribution is -2.42. The lowest BCUT2D eigenvalue weighted by molar-refractivity contribution is -0.123. The summed E-state index contributed by atoms with van der Waals surface area (Å²) >= 11 is 1.31. The molecule has 6 nitrogen and oxygen atoms in total. The minimum absolute atomic E-state index is 0.0557. The molecular weight excluding hydrogens is 362 g/mol. The third kappa shape index (κ3) is 4.52. The van der Waals surface area contributed by atoms with Crippen LogP contribution in [0.4, 0.5) is 0 Å². The van der Waals surface area contributed by atoms with Crippen LogP contribution in [-0.2, 0) is 4.79 Å². The lowest BCUT2D eigenvalue weighted by atomic mass is 9.94. The monoisotopic (exact) mass is 383 g/mol. The van der Waals surface area contributed by atoms with E-state index in [0.717, 1.165) is 37.0 Å². The summed E-state index contributed by atoms with van der Waals surface area (Å²) in [4.78, 5) is 29.4. The zero-order valence-electron chi connectivity index (χ0n) is 15.1. The number of amides is 1. The highest BCUT2D eigenvalue weighted by Crippen LogP contribution is 2.27. The van der Waals surface area contributed by atoms with Crippen molar-refractivity contribution in [3.8, 4) is 22.4 Å². The second kappa shape index (κ2) is 8.78. The van der Waals surface area contributed by atoms with Gasteiger partial charge in [0.15, 0.2) is 5.92 Å². The number of nitrogens with zero attached hydrogens (tertiary/aromatic N) is 2. The van der Waals surface area contributed by atoms with Crippen LogP contribution in [0.25, 0.3) is 10.6 Å². The van der Waals surface area contributed by atoms with E-state index < -0.39 is 17.6 Å². The Balaban J connectivity index is 1.70. The SMILES string of the molecule is COc1ccc(-c2nc(C(=O)C(C#N)C(=O)NC3CCCCC3)cs2)cc1. The van der Waals surface area contributed by atoms with Gasteiger partial charge in [-0.15, -0.1) is 11.3 Å². The van der Waals surface area contributed by atoms with E-state index in [1.54, 1.807) is 12.5 Å². The predicted octanol–water partition coefficient (Wildman–Crippen LogP) is 3.59. The minimum Gasteiger partial charge on any atom is -0.497 e. The number of carbonyl (C=O) groups excluding carboxylic acids is 2. The van der Waals surface area contributed by atoms with E-state index in [-0.39, 0.29) is 11.7 Å². The van der Waals surface area contributed by atoms with Crippen LogP contribution in [0.5, 0.6) is 5.75 Å². The van der Waals surface area contributed by atoms with Crippen molar-refractivity contribution in [2.75, 3.05) is 7.11 Å². The van der Waals surface area contributed by atoms with Crippen LogP contribution >= 0.6 is 11.3 Å². The van der Waals surface area contributed by atoms with Gasteiger partial charge in [-0.2, -0.15) is 5.26 Å². The molecule has 0 saturated heterocycles. The highest BCUT2D eigenvalue weighted by atomic mass is 32.1. The molecule has 1 N–H and O–H groups in total. The van der Waals surface area contributed by atoms with Crippen molar-refractivity contribution >= 4 is 23.0 Å². The molecule has 7 heteroatoms. The summed E-state index contributed by atoms with van der Waals surface area (Å²) in [5.74, 6) is -1.71. The van der Waals surface area contributed by atoms with Gasteiger partial charge in [0.25, 0.3) is 0 Å². The van der Waals surface area contributed by atoms with Gasteiger partial charge in [-0.3, -0.25) is 9.59 Å². The third-order valence-electron chi connectivity index (χ3n) is 4.70. The summed E-state index contributed by atoms with van der Waals surface area (Å²) in [5, 5.41) is 14.5. The second-order valence-corrected chi connectivity index (χ2v) is 7.39. The van der Waals surface area contributed by atoms with Gasteiger partial charge in [-0.1, -0.05) is 19.3 Å². The van der Waals surface area contributed by atoms with Gasteiger partial charge in [0.2, 0.25) is 11.7 Å². The number of aromatic nitrogens is 1. The molecule has 0 spiro atoms. The molecule has 1 atom stereocenters. The van der Waals surface area contributed by atoms with Gasteiger partial charge in [0.05, 0.1) is 13.2 Å². The molecule has 1 saturated carbocycles. The summed E-state index contributed by atoms with van der Waals surface area (Å²) in [7, 11) is 1.59. The first-order chi connectivity index (χ1) is 13.1. The first kappa shape index (κ1) is 19.1. The number of Topliss-reactive ketones (excluding diaryl/α,β-unsaturated/α-hetero) is 1. The average Bonchev–Trinajstić information content (AvgIpc) is 3.19. The number of hydrogen-bond acceptors (Lipinski definition) is 6. The maximum absolute atomic E-state index is 12.6. The number of rotatable bonds is 6. The predicted molar refractivity (Wildman–Crippen MR) is 103 cm³/mol. The zero-order chi connectivity index (χ0) is 19.2. The van der Waals surface area contributed by atoms with Crippen molar-refractivity contribution in [1.82, 2.24) is 10.3 Å². The van der Waals surface area contributed by atoms with Crippen LogP contribution in [0.1, 0.15) is 42.6 Å². The molecule has 0 aliphatic heterocycles. The fourth-order valence-electron chi connectivity index (χ4n) is 3.17. The fourth-order valence-corrected chi connectivity index (χ4v) is 3.98. The Hall–Kier alpha value is -2.72. The second-order valence-electron chi connectivity index (χ2n) is 6.54. The third-order valence-corrected chi connectivity index (χ3v) is 5.59. The van der Waals surface area contributed by atoms with Crippen LogP contribution in [0, 0.1) is 17.2 Å². The molecule has 1 heterocycles. The number of carbonyl (C=O) groups is 2. The van der Waals surface area contributed by atoms with E-state index in [1.807, 2.05) is 30.3 Å². The summed E-state index contributed by atoms with van der Waals surface area (Å²) in [6, 6.07) is 9.22. The van der Waals surface area contributed by atoms with Crippen LogP contribution in [-0.4, -0.2) is 29.8 Å². The van der Waals surface area contributed by atoms with E-state index >= 15 is 0 Å². The Morgan fingerprint density at radius 3 is 2.59 bits per heavy atom. The van der Waals surface area contributed by atoms with E-state index in [9.17, 15) is 14.9 Å². The van der Waals surface area contributed by atoms with Crippen LogP contribution in [0.3, 0.4) is 0 Å². The molecule has 27 heavy (non-hydrogen) atoms. The average molecular weight is 383 g/mol. The topological polar surface area (TPSA) is 92.1 Å². The maximum atomic E-state index is 12.6. The molecule has 1 amide bonds. The quantitative estimate of drug-likeness (QED) is 0.608. The van der Waals surface area contributed by atoms with Crippen molar-refractivity contribution in [1.29, 1.82) is 5.26 Å². The normalized spacial score (nSPS) is 15.6. The Morgan fingerprint density at radius 1 is 1.26 bits per heavy atom. The molecule has 1 fully saturated rings. The maximum Gasteiger partial charge on any atom is 0.245 e. The zero-order valence-corrected chi connectivity index (χ0v) is 15.9. The number of methoxy groups -OCH3 is 1. The number of nitriles is 1. The van der Waals surface area contributed by atoms with Gasteiger partial charge < -0.3 is 10.1 Å². The first-order valence-electron chi connectivity index (χ1n) is 8.96. The Bertz CT molecular complexity index is 848. The largest absolute Gasteiger partial charge is 0.497 e. The molecule has 1 aliphatic rings. The van der Waals surface area contributed by atoms with Crippen LogP contribution < -0.4 is 10.1 Å². The first-order valence-corrected chi connectivity index (χ1v) is 9.84. The van der Waals surface area contributed by atoms with Crippen molar-refractivity contribution in [3.63, 3.8) is 0 Å². The smallest absolute Gasteiger partial charge is 0.245 e. The molecular formula is C20H21N3O3S. The van der Waals surface area contributed by atoms with Gasteiger partial charge in [-0.25, -0.2) is 4.98 Å². The molecule has 3 rings (SSSR count). The summed E-state index contributed by atoms with van der Waals surface area (Å²) in [6.07, 6.45) is 5.09. The molecule has 0 bridgehead atoms. The molecule has 0 radical (unpaired) electrons. The van der Waals surface area contributed by atoms with Crippen LogP contribution in [0.2, 0.25) is 0 Å². The summed E-state index contributed by atoms with van der Waals surface area (Å²) in [5.41, 5.74) is 0.996. The van der Waals surface area contributed by atoms with Crippen molar-refractivity contribution in [3.05, 3.63) is 35.3 Å². The summed E-state index contributed by atoms with van der Waals surface area (Å²) in [6.45, 7) is 0. The van der Waals surface area contributed by atoms with Crippen molar-refractivity contribution < 1.29 is 14.3 Å². The van der Waals surface area contributed by atoms with E-state index in [4.69, 9.17) is 4.74 Å². The standard InChI is InChI=1S/C20H21N3O3S/c1-26-15-9-7-13(8-10-15)20-23-17(12-27-20)18(24)16(11-21)19(25)22-14-5-3-2-4-6-14/h7-10,12,14,16H,2-6H2,1H3,(H,22,25). The van der Waals surface area contributed by atoms with Crippen molar-refractivity contribution in [2.24, 2.45) is 5.92 Å². The van der Waals surface area contributed by atoms with Gasteiger partial charge in [0.1, 0.15) is 16.5 Å². The number of nitrogens with one attached hydrogen (secondary N) is 1. The number of ether oxygens (including phenoxy) is 1. The lowest BCUT2D eigenvalue weighted by Gasteiger charge is -2.23. The molecule has 1 aromatic heterocycles. The number of thiazole rings is 1. The molecule has 140 valence electrons. The van der Waals surface area contributed by atoms with E-state index in [2.05, 4.69) is 10.3 Å². The van der Waals surface area contributed by atoms with Gasteiger partial charge >= 0.3 is 0 Å². The molecule has 1 aliphatic carbocycles. The fraction of sp³-hybridized carbons (Fsp3) is 0.400. The van der Waals surface area contributed by atoms with E-state index in [1.165, 1.54) is 17.8 Å². The Morgan fingerprint density at radius 2 is 1.96 bits per heavy atom. The molecule has 1 aromatic carbocycles. The number of ketones is 1. The minimum atomic E-state index is -1.36.